The van der Waals surface area contributed by atoms with Gasteiger partial charge in [-0.1, -0.05) is 60.7 Å². The third-order valence-corrected chi connectivity index (χ3v) is 8.97. The summed E-state index contributed by atoms with van der Waals surface area (Å²) >= 11 is 0. The topological polar surface area (TPSA) is 35.6 Å². The second-order valence-corrected chi connectivity index (χ2v) is 11.1. The number of hydrogen-bond donors (Lipinski definition) is 0. The number of para-hydroxylation sites is 3. The van der Waals surface area contributed by atoms with Crippen LogP contribution in [0, 0.1) is 0 Å². The van der Waals surface area contributed by atoms with Crippen LogP contribution in [-0.4, -0.2) is 19.1 Å². The smallest absolute Gasteiger partial charge is 0.160 e. The summed E-state index contributed by atoms with van der Waals surface area (Å²) in [6.45, 7) is 0. The first-order chi connectivity index (χ1) is 20.8. The zero-order chi connectivity index (χ0) is 27.4. The maximum absolute atomic E-state index is 4.53. The van der Waals surface area contributed by atoms with Crippen molar-refractivity contribution in [2.24, 2.45) is 0 Å². The highest BCUT2D eigenvalue weighted by atomic mass is 15.0. The Bertz CT molecular complexity index is 2530. The maximum Gasteiger partial charge on any atom is 0.160 e. The van der Waals surface area contributed by atoms with Crippen molar-refractivity contribution in [2.45, 2.75) is 0 Å². The molecule has 194 valence electrons. The summed E-state index contributed by atoms with van der Waals surface area (Å²) in [5.41, 5.74) is 12.8. The van der Waals surface area contributed by atoms with E-state index in [1.807, 2.05) is 12.4 Å². The largest absolute Gasteiger partial charge is 0.309 e. The van der Waals surface area contributed by atoms with Gasteiger partial charge in [0.05, 0.1) is 22.1 Å². The van der Waals surface area contributed by atoms with Crippen LogP contribution in [0.3, 0.4) is 0 Å². The van der Waals surface area contributed by atoms with Gasteiger partial charge in [-0.25, -0.2) is 9.97 Å². The molecule has 0 bridgehead atoms. The van der Waals surface area contributed by atoms with Crippen molar-refractivity contribution in [1.29, 1.82) is 0 Å². The van der Waals surface area contributed by atoms with Gasteiger partial charge in [0, 0.05) is 50.7 Å². The van der Waals surface area contributed by atoms with Gasteiger partial charge in [0.15, 0.2) is 5.65 Å². The van der Waals surface area contributed by atoms with Gasteiger partial charge in [0.25, 0.3) is 0 Å². The molecule has 42 heavy (non-hydrogen) atoms. The molecule has 4 heteroatoms. The molecular formula is C38H22N4. The van der Waals surface area contributed by atoms with Crippen molar-refractivity contribution < 1.29 is 0 Å². The maximum atomic E-state index is 4.53. The molecular weight excluding hydrogens is 512 g/mol. The first-order valence-electron chi connectivity index (χ1n) is 14.3. The van der Waals surface area contributed by atoms with E-state index < -0.39 is 0 Å². The minimum atomic E-state index is 0.803. The Kier molecular flexibility index (Phi) is 4.15. The van der Waals surface area contributed by atoms with E-state index in [4.69, 9.17) is 0 Å². The van der Waals surface area contributed by atoms with Crippen LogP contribution in [0.4, 0.5) is 0 Å². The minimum Gasteiger partial charge on any atom is -0.309 e. The van der Waals surface area contributed by atoms with Gasteiger partial charge in [-0.2, -0.15) is 0 Å². The van der Waals surface area contributed by atoms with Gasteiger partial charge in [-0.15, -0.1) is 0 Å². The summed E-state index contributed by atoms with van der Waals surface area (Å²) in [7, 11) is 0. The second-order valence-electron chi connectivity index (χ2n) is 11.1. The zero-order valence-electron chi connectivity index (χ0n) is 22.5. The fourth-order valence-corrected chi connectivity index (χ4v) is 7.24. The molecule has 0 amide bonds. The number of hydrogen-bond acceptors (Lipinski definition) is 2. The highest BCUT2D eigenvalue weighted by Gasteiger charge is 2.23. The van der Waals surface area contributed by atoms with Crippen molar-refractivity contribution in [3.8, 4) is 33.6 Å². The molecule has 4 aromatic heterocycles. The van der Waals surface area contributed by atoms with E-state index in [1.165, 1.54) is 71.6 Å². The number of nitrogens with zero attached hydrogens (tertiary/aromatic N) is 4. The molecule has 0 N–H and O–H groups in total. The summed E-state index contributed by atoms with van der Waals surface area (Å²) in [4.78, 5) is 9.06. The predicted molar refractivity (Wildman–Crippen MR) is 173 cm³/mol. The molecule has 4 nitrogen and oxygen atoms in total. The zero-order valence-corrected chi connectivity index (χ0v) is 22.5. The van der Waals surface area contributed by atoms with E-state index in [9.17, 15) is 0 Å². The Morgan fingerprint density at radius 1 is 0.381 bits per heavy atom. The molecule has 1 aliphatic carbocycles. The Morgan fingerprint density at radius 2 is 0.881 bits per heavy atom. The van der Waals surface area contributed by atoms with E-state index in [-0.39, 0.29) is 0 Å². The van der Waals surface area contributed by atoms with Gasteiger partial charge < -0.3 is 9.13 Å². The van der Waals surface area contributed by atoms with Crippen molar-refractivity contribution in [1.82, 2.24) is 19.1 Å². The lowest BCUT2D eigenvalue weighted by atomic mass is 10.0. The lowest BCUT2D eigenvalue weighted by Crippen LogP contribution is -1.96. The van der Waals surface area contributed by atoms with Gasteiger partial charge in [0.2, 0.25) is 0 Å². The first kappa shape index (κ1) is 22.0. The van der Waals surface area contributed by atoms with E-state index in [0.717, 1.165) is 16.7 Å². The summed E-state index contributed by atoms with van der Waals surface area (Å²) in [5.74, 6) is 0. The highest BCUT2D eigenvalue weighted by Crippen LogP contribution is 2.47. The molecule has 0 radical (unpaired) electrons. The number of rotatable bonds is 2. The van der Waals surface area contributed by atoms with Crippen molar-refractivity contribution in [2.75, 3.05) is 0 Å². The van der Waals surface area contributed by atoms with Crippen LogP contribution < -0.4 is 0 Å². The summed E-state index contributed by atoms with van der Waals surface area (Å²) < 4.78 is 4.80. The van der Waals surface area contributed by atoms with Crippen LogP contribution in [0.5, 0.6) is 0 Å². The fourth-order valence-electron chi connectivity index (χ4n) is 7.24. The lowest BCUT2D eigenvalue weighted by Gasteiger charge is -2.12. The average Bonchev–Trinajstić information content (AvgIpc) is 3.68. The Balaban J connectivity index is 1.24. The van der Waals surface area contributed by atoms with Gasteiger partial charge in [0.1, 0.15) is 0 Å². The van der Waals surface area contributed by atoms with Crippen LogP contribution in [0.25, 0.3) is 88.3 Å². The summed E-state index contributed by atoms with van der Waals surface area (Å²) in [6.07, 6.45) is 3.73. The highest BCUT2D eigenvalue weighted by molar-refractivity contribution is 6.15. The Labute approximate surface area is 240 Å². The molecule has 0 aliphatic heterocycles. The Hall–Kier alpha value is -5.74. The van der Waals surface area contributed by atoms with Gasteiger partial charge >= 0.3 is 0 Å². The van der Waals surface area contributed by atoms with Crippen LogP contribution in [0.1, 0.15) is 0 Å². The van der Waals surface area contributed by atoms with Crippen LogP contribution in [0.2, 0.25) is 0 Å². The minimum absolute atomic E-state index is 0.803. The van der Waals surface area contributed by atoms with E-state index in [1.54, 1.807) is 0 Å². The normalized spacial score (nSPS) is 12.3. The lowest BCUT2D eigenvalue weighted by molar-refractivity contribution is 1.17. The second kappa shape index (κ2) is 7.93. The van der Waals surface area contributed by atoms with E-state index >= 15 is 0 Å². The van der Waals surface area contributed by atoms with E-state index in [0.29, 0.717) is 0 Å². The molecule has 0 saturated carbocycles. The molecule has 0 atom stereocenters. The number of aromatic nitrogens is 4. The van der Waals surface area contributed by atoms with Crippen molar-refractivity contribution in [3.05, 3.63) is 134 Å². The average molecular weight is 535 g/mol. The van der Waals surface area contributed by atoms with Crippen molar-refractivity contribution in [3.63, 3.8) is 0 Å². The standard InChI is InChI=1S/C38H22N4/c1-4-10-33-26(7-1)27-8-2-5-11-34(27)41(33)24-14-16-36-32(22-24)28-9-3-6-12-35(28)42(36)23-13-15-25-29-17-19-39-38-37(29)30(18-20-40-38)31(25)21-23/h1-22H. The Morgan fingerprint density at radius 3 is 1.52 bits per heavy atom. The fraction of sp³-hybridized carbons (Fsp3) is 0. The van der Waals surface area contributed by atoms with Gasteiger partial charge in [-0.05, 0) is 82.9 Å². The van der Waals surface area contributed by atoms with Crippen LogP contribution in [-0.2, 0) is 0 Å². The molecule has 9 aromatic rings. The number of benzene rings is 5. The first-order valence-corrected chi connectivity index (χ1v) is 14.3. The molecule has 10 rings (SSSR count). The monoisotopic (exact) mass is 534 g/mol. The quantitative estimate of drug-likeness (QED) is 0.221. The van der Waals surface area contributed by atoms with Crippen LogP contribution in [0.15, 0.2) is 134 Å². The third kappa shape index (κ3) is 2.76. The number of fused-ring (bicyclic) bond motifs is 9. The van der Waals surface area contributed by atoms with Crippen molar-refractivity contribution >= 4 is 54.6 Å². The molecule has 0 saturated heterocycles. The SMILES string of the molecule is c1ccc2c(c1)c1ccccc1n2-c1ccc2c(c1)c1ccccc1n2-c1ccc2c(c1)-c1ccnc3nccc-2c13. The molecule has 0 fully saturated rings. The molecule has 4 heterocycles. The molecule has 0 unspecified atom stereocenters. The summed E-state index contributed by atoms with van der Waals surface area (Å²) in [6, 6.07) is 44.1. The summed E-state index contributed by atoms with van der Waals surface area (Å²) in [5, 5.41) is 6.18. The van der Waals surface area contributed by atoms with Crippen LogP contribution >= 0.6 is 0 Å². The van der Waals surface area contributed by atoms with E-state index in [2.05, 4.69) is 140 Å². The molecule has 1 aliphatic rings. The van der Waals surface area contributed by atoms with Gasteiger partial charge in [-0.3, -0.25) is 0 Å². The molecule has 5 aromatic carbocycles. The predicted octanol–water partition coefficient (Wildman–Crippen LogP) is 9.47. The third-order valence-electron chi connectivity index (χ3n) is 8.97. The molecule has 0 spiro atoms. The number of pyridine rings is 2.